The first-order valence-corrected chi connectivity index (χ1v) is 7.86. The molecule has 24 heavy (non-hydrogen) atoms. The molecule has 2 aromatic carbocycles. The van der Waals surface area contributed by atoms with Crippen LogP contribution in [0.5, 0.6) is 0 Å². The molecule has 3 heteroatoms. The van der Waals surface area contributed by atoms with E-state index in [-0.39, 0.29) is 0 Å². The van der Waals surface area contributed by atoms with Crippen LogP contribution >= 0.6 is 0 Å². The van der Waals surface area contributed by atoms with Gasteiger partial charge in [-0.3, -0.25) is 4.79 Å². The molecule has 0 atom stereocenters. The number of aldehydes is 1. The number of carbonyl (C=O) groups excluding carboxylic acids is 1. The minimum Gasteiger partial charge on any atom is -0.303 e. The summed E-state index contributed by atoms with van der Waals surface area (Å²) >= 11 is 0. The number of hydrogen-bond acceptors (Lipinski definition) is 2. The van der Waals surface area contributed by atoms with Crippen molar-refractivity contribution in [2.45, 2.75) is 6.92 Å². The zero-order chi connectivity index (χ0) is 16.5. The molecule has 0 unspecified atom stereocenters. The van der Waals surface area contributed by atoms with E-state index in [4.69, 9.17) is 4.98 Å². The predicted molar refractivity (Wildman–Crippen MR) is 96.2 cm³/mol. The number of benzene rings is 2. The summed E-state index contributed by atoms with van der Waals surface area (Å²) in [4.78, 5) is 15.5. The summed E-state index contributed by atoms with van der Waals surface area (Å²) < 4.78 is 2.12. The summed E-state index contributed by atoms with van der Waals surface area (Å²) in [6.45, 7) is 2.11. The Morgan fingerprint density at radius 3 is 2.33 bits per heavy atom. The van der Waals surface area contributed by atoms with E-state index in [0.29, 0.717) is 5.56 Å². The number of pyridine rings is 1. The van der Waals surface area contributed by atoms with Crippen LogP contribution in [-0.2, 0) is 0 Å². The van der Waals surface area contributed by atoms with Gasteiger partial charge in [-0.05, 0) is 24.6 Å². The maximum atomic E-state index is 10.8. The SMILES string of the molecule is Cc1c(-c2ccccc2)ccc2nc(-c3ccc(C=O)cc3)cn12. The summed E-state index contributed by atoms with van der Waals surface area (Å²) in [7, 11) is 0. The molecule has 4 rings (SSSR count). The van der Waals surface area contributed by atoms with Crippen LogP contribution in [0.15, 0.2) is 72.9 Å². The number of nitrogens with zero attached hydrogens (tertiary/aromatic N) is 2. The Morgan fingerprint density at radius 2 is 1.62 bits per heavy atom. The first-order valence-electron chi connectivity index (χ1n) is 7.86. The number of imidazole rings is 1. The van der Waals surface area contributed by atoms with Crippen LogP contribution in [-0.4, -0.2) is 15.7 Å². The van der Waals surface area contributed by atoms with Gasteiger partial charge < -0.3 is 4.40 Å². The van der Waals surface area contributed by atoms with Crippen molar-refractivity contribution in [2.75, 3.05) is 0 Å². The summed E-state index contributed by atoms with van der Waals surface area (Å²) in [5, 5.41) is 0. The lowest BCUT2D eigenvalue weighted by molar-refractivity contribution is 0.112. The van der Waals surface area contributed by atoms with Crippen LogP contribution in [0.25, 0.3) is 28.0 Å². The highest BCUT2D eigenvalue weighted by Crippen LogP contribution is 2.26. The van der Waals surface area contributed by atoms with Gasteiger partial charge in [0.15, 0.2) is 0 Å². The molecule has 2 heterocycles. The quantitative estimate of drug-likeness (QED) is 0.510. The minimum atomic E-state index is 0.671. The number of rotatable bonds is 3. The van der Waals surface area contributed by atoms with Gasteiger partial charge in [-0.1, -0.05) is 54.6 Å². The fraction of sp³-hybridized carbons (Fsp3) is 0.0476. The van der Waals surface area contributed by atoms with Gasteiger partial charge in [-0.15, -0.1) is 0 Å². The van der Waals surface area contributed by atoms with Crippen LogP contribution in [0.4, 0.5) is 0 Å². The third-order valence-electron chi connectivity index (χ3n) is 4.31. The Bertz CT molecular complexity index is 1020. The van der Waals surface area contributed by atoms with Gasteiger partial charge in [0, 0.05) is 28.6 Å². The van der Waals surface area contributed by atoms with Crippen molar-refractivity contribution in [1.82, 2.24) is 9.38 Å². The molecular formula is C21H16N2O. The number of aromatic nitrogens is 2. The van der Waals surface area contributed by atoms with E-state index in [1.165, 1.54) is 11.1 Å². The Hall–Kier alpha value is -3.20. The van der Waals surface area contributed by atoms with Gasteiger partial charge in [0.2, 0.25) is 0 Å². The van der Waals surface area contributed by atoms with Gasteiger partial charge in [-0.25, -0.2) is 4.98 Å². The second-order valence-corrected chi connectivity index (χ2v) is 5.79. The Kier molecular flexibility index (Phi) is 3.47. The molecule has 2 aromatic heterocycles. The van der Waals surface area contributed by atoms with E-state index in [2.05, 4.69) is 29.5 Å². The number of carbonyl (C=O) groups is 1. The molecule has 0 spiro atoms. The van der Waals surface area contributed by atoms with Crippen molar-refractivity contribution in [1.29, 1.82) is 0 Å². The van der Waals surface area contributed by atoms with Crippen molar-refractivity contribution in [2.24, 2.45) is 0 Å². The fourth-order valence-electron chi connectivity index (χ4n) is 2.98. The van der Waals surface area contributed by atoms with Gasteiger partial charge >= 0.3 is 0 Å². The topological polar surface area (TPSA) is 34.4 Å². The largest absolute Gasteiger partial charge is 0.303 e. The monoisotopic (exact) mass is 312 g/mol. The fourth-order valence-corrected chi connectivity index (χ4v) is 2.98. The van der Waals surface area contributed by atoms with Crippen LogP contribution in [0.1, 0.15) is 16.1 Å². The van der Waals surface area contributed by atoms with Crippen LogP contribution in [0, 0.1) is 6.92 Å². The highest BCUT2D eigenvalue weighted by atomic mass is 16.1. The van der Waals surface area contributed by atoms with Crippen molar-refractivity contribution < 1.29 is 4.79 Å². The molecule has 0 N–H and O–H groups in total. The van der Waals surface area contributed by atoms with Crippen molar-refractivity contribution in [3.63, 3.8) is 0 Å². The first kappa shape index (κ1) is 14.4. The van der Waals surface area contributed by atoms with E-state index in [1.807, 2.05) is 54.7 Å². The molecule has 116 valence electrons. The molecule has 0 bridgehead atoms. The second-order valence-electron chi connectivity index (χ2n) is 5.79. The Labute approximate surface area is 140 Å². The zero-order valence-electron chi connectivity index (χ0n) is 13.3. The zero-order valence-corrected chi connectivity index (χ0v) is 13.3. The van der Waals surface area contributed by atoms with Gasteiger partial charge in [0.1, 0.15) is 11.9 Å². The molecule has 0 saturated heterocycles. The minimum absolute atomic E-state index is 0.671. The second kappa shape index (κ2) is 5.78. The van der Waals surface area contributed by atoms with Gasteiger partial charge in [0.05, 0.1) is 5.69 Å². The van der Waals surface area contributed by atoms with E-state index >= 15 is 0 Å². The lowest BCUT2D eigenvalue weighted by Crippen LogP contribution is -1.93. The average Bonchev–Trinajstić information content (AvgIpc) is 3.08. The maximum Gasteiger partial charge on any atom is 0.150 e. The van der Waals surface area contributed by atoms with Crippen molar-refractivity contribution >= 4 is 11.9 Å². The van der Waals surface area contributed by atoms with Crippen LogP contribution < -0.4 is 0 Å². The number of hydrogen-bond donors (Lipinski definition) is 0. The Morgan fingerprint density at radius 1 is 0.875 bits per heavy atom. The normalized spacial score (nSPS) is 10.9. The molecule has 0 amide bonds. The molecule has 0 saturated carbocycles. The molecule has 0 aliphatic carbocycles. The average molecular weight is 312 g/mol. The van der Waals surface area contributed by atoms with E-state index in [9.17, 15) is 4.79 Å². The van der Waals surface area contributed by atoms with Gasteiger partial charge in [-0.2, -0.15) is 0 Å². The molecule has 0 aliphatic rings. The summed E-state index contributed by atoms with van der Waals surface area (Å²) in [5.41, 5.74) is 7.05. The third-order valence-corrected chi connectivity index (χ3v) is 4.31. The molecular weight excluding hydrogens is 296 g/mol. The Balaban J connectivity index is 1.83. The number of fused-ring (bicyclic) bond motifs is 1. The highest BCUT2D eigenvalue weighted by molar-refractivity contribution is 5.77. The highest BCUT2D eigenvalue weighted by Gasteiger charge is 2.09. The first-order chi connectivity index (χ1) is 11.8. The molecule has 3 nitrogen and oxygen atoms in total. The summed E-state index contributed by atoms with van der Waals surface area (Å²) in [5.74, 6) is 0. The molecule has 0 aliphatic heterocycles. The molecule has 0 fully saturated rings. The smallest absolute Gasteiger partial charge is 0.150 e. The lowest BCUT2D eigenvalue weighted by atomic mass is 10.0. The summed E-state index contributed by atoms with van der Waals surface area (Å²) in [6, 6.07) is 22.0. The standard InChI is InChI=1S/C21H16N2O/c1-15-19(17-5-3-2-4-6-17)11-12-21-22-20(13-23(15)21)18-9-7-16(14-24)8-10-18/h2-14H,1H3. The number of aryl methyl sites for hydroxylation is 1. The predicted octanol–water partition coefficient (Wildman–Crippen LogP) is 4.79. The van der Waals surface area contributed by atoms with E-state index < -0.39 is 0 Å². The molecule has 4 aromatic rings. The van der Waals surface area contributed by atoms with Crippen molar-refractivity contribution in [3.8, 4) is 22.4 Å². The van der Waals surface area contributed by atoms with Gasteiger partial charge in [0.25, 0.3) is 0 Å². The molecule has 0 radical (unpaired) electrons. The van der Waals surface area contributed by atoms with E-state index in [1.54, 1.807) is 0 Å². The van der Waals surface area contributed by atoms with Crippen LogP contribution in [0.3, 0.4) is 0 Å². The maximum absolute atomic E-state index is 10.8. The van der Waals surface area contributed by atoms with E-state index in [0.717, 1.165) is 28.9 Å². The van der Waals surface area contributed by atoms with Crippen molar-refractivity contribution in [3.05, 3.63) is 84.2 Å². The summed E-state index contributed by atoms with van der Waals surface area (Å²) in [6.07, 6.45) is 2.90. The lowest BCUT2D eigenvalue weighted by Gasteiger charge is -2.08. The van der Waals surface area contributed by atoms with Crippen LogP contribution in [0.2, 0.25) is 0 Å². The third kappa shape index (κ3) is 2.40.